The maximum atomic E-state index is 14.3. The Labute approximate surface area is 168 Å². The van der Waals surface area contributed by atoms with Crippen LogP contribution in [-0.4, -0.2) is 31.4 Å². The molecule has 0 aliphatic heterocycles. The number of para-hydroxylation sites is 1. The number of benzene rings is 2. The number of thiazole rings is 1. The van der Waals surface area contributed by atoms with Crippen LogP contribution < -0.4 is 5.32 Å². The fourth-order valence-corrected chi connectivity index (χ4v) is 3.86. The Morgan fingerprint density at radius 2 is 1.89 bits per heavy atom. The van der Waals surface area contributed by atoms with Crippen molar-refractivity contribution in [2.45, 2.75) is 5.16 Å². The molecule has 28 heavy (non-hydrogen) atoms. The fraction of sp³-hybridized carbons (Fsp3) is 0.0526. The first-order chi connectivity index (χ1) is 13.7. The monoisotopic (exact) mass is 411 g/mol. The number of hydrogen-bond donors (Lipinski definition) is 1. The standard InChI is InChI=1S/C19H14FN5OS2/c20-15-9-5-4-8-14(15)17-23-24-19(25(17)13-6-2-1-3-7-13)28-12-16(26)22-18-21-10-11-27-18/h1-11H,12H2,(H,21,22,26). The summed E-state index contributed by atoms with van der Waals surface area (Å²) in [6.45, 7) is 0. The van der Waals surface area contributed by atoms with Crippen LogP contribution in [-0.2, 0) is 4.79 Å². The smallest absolute Gasteiger partial charge is 0.236 e. The zero-order chi connectivity index (χ0) is 19.3. The Kier molecular flexibility index (Phi) is 5.45. The molecule has 0 aliphatic rings. The molecule has 0 spiro atoms. The Bertz CT molecular complexity index is 1080. The van der Waals surface area contributed by atoms with E-state index in [4.69, 9.17) is 0 Å². The molecule has 2 aromatic heterocycles. The van der Waals surface area contributed by atoms with Crippen LogP contribution in [0.5, 0.6) is 0 Å². The molecule has 6 nitrogen and oxygen atoms in total. The summed E-state index contributed by atoms with van der Waals surface area (Å²) in [5.41, 5.74) is 1.13. The molecule has 1 N–H and O–H groups in total. The first-order valence-electron chi connectivity index (χ1n) is 8.30. The third-order valence-corrected chi connectivity index (χ3v) is 5.39. The van der Waals surface area contributed by atoms with Crippen molar-refractivity contribution in [2.75, 3.05) is 11.1 Å². The first-order valence-corrected chi connectivity index (χ1v) is 10.2. The molecule has 2 aromatic carbocycles. The second kappa shape index (κ2) is 8.32. The van der Waals surface area contributed by atoms with E-state index in [-0.39, 0.29) is 17.5 Å². The number of carbonyl (C=O) groups excluding carboxylic acids is 1. The second-order valence-corrected chi connectivity index (χ2v) is 7.47. The molecular weight excluding hydrogens is 397 g/mol. The van der Waals surface area contributed by atoms with Gasteiger partial charge in [-0.05, 0) is 24.3 Å². The fourth-order valence-electron chi connectivity index (χ4n) is 2.56. The highest BCUT2D eigenvalue weighted by atomic mass is 32.2. The normalized spacial score (nSPS) is 10.8. The van der Waals surface area contributed by atoms with Crippen LogP contribution in [0.4, 0.5) is 9.52 Å². The number of halogens is 1. The summed E-state index contributed by atoms with van der Waals surface area (Å²) < 4.78 is 16.1. The number of carbonyl (C=O) groups is 1. The van der Waals surface area contributed by atoms with Gasteiger partial charge >= 0.3 is 0 Å². The molecule has 0 radical (unpaired) electrons. The van der Waals surface area contributed by atoms with Crippen LogP contribution in [0.15, 0.2) is 71.3 Å². The van der Waals surface area contributed by atoms with Crippen molar-refractivity contribution in [2.24, 2.45) is 0 Å². The van der Waals surface area contributed by atoms with Gasteiger partial charge in [0.25, 0.3) is 0 Å². The Morgan fingerprint density at radius 3 is 2.64 bits per heavy atom. The number of thioether (sulfide) groups is 1. The van der Waals surface area contributed by atoms with Gasteiger partial charge in [0.05, 0.1) is 11.3 Å². The van der Waals surface area contributed by atoms with Crippen molar-refractivity contribution in [3.05, 3.63) is 72.0 Å². The summed E-state index contributed by atoms with van der Waals surface area (Å²) in [6.07, 6.45) is 1.63. The average Bonchev–Trinajstić information content (AvgIpc) is 3.37. The number of nitrogens with zero attached hydrogens (tertiary/aromatic N) is 4. The molecule has 2 heterocycles. The third-order valence-electron chi connectivity index (χ3n) is 3.77. The molecule has 0 saturated carbocycles. The van der Waals surface area contributed by atoms with E-state index in [1.165, 1.54) is 29.2 Å². The van der Waals surface area contributed by atoms with Crippen LogP contribution in [0.2, 0.25) is 0 Å². The Morgan fingerprint density at radius 1 is 1.11 bits per heavy atom. The minimum atomic E-state index is -0.384. The number of anilines is 1. The lowest BCUT2D eigenvalue weighted by atomic mass is 10.2. The van der Waals surface area contributed by atoms with Crippen LogP contribution in [0.25, 0.3) is 17.1 Å². The van der Waals surface area contributed by atoms with Crippen molar-refractivity contribution in [3.63, 3.8) is 0 Å². The van der Waals surface area contributed by atoms with Crippen molar-refractivity contribution in [3.8, 4) is 17.1 Å². The van der Waals surface area contributed by atoms with Crippen molar-refractivity contribution < 1.29 is 9.18 Å². The lowest BCUT2D eigenvalue weighted by Crippen LogP contribution is -2.14. The van der Waals surface area contributed by atoms with E-state index in [0.29, 0.717) is 21.7 Å². The van der Waals surface area contributed by atoms with Crippen molar-refractivity contribution in [1.29, 1.82) is 0 Å². The average molecular weight is 411 g/mol. The summed E-state index contributed by atoms with van der Waals surface area (Å²) in [7, 11) is 0. The number of rotatable bonds is 6. The summed E-state index contributed by atoms with van der Waals surface area (Å²) >= 11 is 2.57. The molecule has 1 amide bonds. The van der Waals surface area contributed by atoms with Gasteiger partial charge < -0.3 is 5.32 Å². The Hall–Kier alpha value is -3.04. The number of nitrogens with one attached hydrogen (secondary N) is 1. The van der Waals surface area contributed by atoms with Crippen LogP contribution in [0.1, 0.15) is 0 Å². The molecule has 0 unspecified atom stereocenters. The van der Waals surface area contributed by atoms with E-state index in [1.54, 1.807) is 34.3 Å². The number of hydrogen-bond acceptors (Lipinski definition) is 6. The van der Waals surface area contributed by atoms with Crippen molar-refractivity contribution >= 4 is 34.1 Å². The molecular formula is C19H14FN5OS2. The third kappa shape index (κ3) is 3.95. The molecule has 140 valence electrons. The first kappa shape index (κ1) is 18.3. The highest BCUT2D eigenvalue weighted by Gasteiger charge is 2.19. The summed E-state index contributed by atoms with van der Waals surface area (Å²) in [6, 6.07) is 15.8. The maximum Gasteiger partial charge on any atom is 0.236 e. The Balaban J connectivity index is 1.64. The van der Waals surface area contributed by atoms with Gasteiger partial charge in [-0.15, -0.1) is 21.5 Å². The maximum absolute atomic E-state index is 14.3. The quantitative estimate of drug-likeness (QED) is 0.480. The lowest BCUT2D eigenvalue weighted by Gasteiger charge is -2.10. The van der Waals surface area contributed by atoms with E-state index < -0.39 is 0 Å². The van der Waals surface area contributed by atoms with Crippen LogP contribution in [0.3, 0.4) is 0 Å². The van der Waals surface area contributed by atoms with Gasteiger partial charge in [-0.1, -0.05) is 42.1 Å². The molecule has 9 heteroatoms. The van der Waals surface area contributed by atoms with Crippen LogP contribution in [0, 0.1) is 5.82 Å². The van der Waals surface area contributed by atoms with E-state index in [2.05, 4.69) is 20.5 Å². The largest absolute Gasteiger partial charge is 0.301 e. The number of amides is 1. The van der Waals surface area contributed by atoms with Crippen molar-refractivity contribution in [1.82, 2.24) is 19.7 Å². The number of aromatic nitrogens is 4. The molecule has 4 aromatic rings. The van der Waals surface area contributed by atoms with E-state index in [9.17, 15) is 9.18 Å². The predicted molar refractivity (Wildman–Crippen MR) is 108 cm³/mol. The lowest BCUT2D eigenvalue weighted by molar-refractivity contribution is -0.113. The topological polar surface area (TPSA) is 72.7 Å². The summed E-state index contributed by atoms with van der Waals surface area (Å²) in [5, 5.41) is 13.9. The predicted octanol–water partition coefficient (Wildman–Crippen LogP) is 4.26. The minimum Gasteiger partial charge on any atom is -0.301 e. The molecule has 4 rings (SSSR count). The second-order valence-electron chi connectivity index (χ2n) is 5.63. The van der Waals surface area contributed by atoms with Crippen LogP contribution >= 0.6 is 23.1 Å². The zero-order valence-corrected chi connectivity index (χ0v) is 16.1. The van der Waals surface area contributed by atoms with Gasteiger partial charge in [0.1, 0.15) is 5.82 Å². The molecule has 0 saturated heterocycles. The summed E-state index contributed by atoms with van der Waals surface area (Å²) in [4.78, 5) is 16.2. The SMILES string of the molecule is O=C(CSc1nnc(-c2ccccc2F)n1-c1ccccc1)Nc1nccs1. The highest BCUT2D eigenvalue weighted by molar-refractivity contribution is 7.99. The summed E-state index contributed by atoms with van der Waals surface area (Å²) in [5.74, 6) is -0.0748. The molecule has 0 bridgehead atoms. The van der Waals surface area contributed by atoms with Gasteiger partial charge in [0.2, 0.25) is 5.91 Å². The van der Waals surface area contributed by atoms with E-state index >= 15 is 0 Å². The minimum absolute atomic E-state index is 0.127. The zero-order valence-electron chi connectivity index (χ0n) is 14.4. The van der Waals surface area contributed by atoms with Gasteiger partial charge in [0, 0.05) is 17.3 Å². The highest BCUT2D eigenvalue weighted by Crippen LogP contribution is 2.29. The molecule has 0 aliphatic carbocycles. The van der Waals surface area contributed by atoms with E-state index in [0.717, 1.165) is 5.69 Å². The van der Waals surface area contributed by atoms with E-state index in [1.807, 2.05) is 30.3 Å². The van der Waals surface area contributed by atoms with Gasteiger partial charge in [0.15, 0.2) is 16.1 Å². The molecule has 0 fully saturated rings. The van der Waals surface area contributed by atoms with Gasteiger partial charge in [-0.2, -0.15) is 0 Å². The van der Waals surface area contributed by atoms with Gasteiger partial charge in [-0.25, -0.2) is 9.37 Å². The molecule has 0 atom stereocenters. The van der Waals surface area contributed by atoms with Gasteiger partial charge in [-0.3, -0.25) is 9.36 Å².